The molecule has 0 radical (unpaired) electrons. The van der Waals surface area contributed by atoms with Gasteiger partial charge in [0.05, 0.1) is 6.04 Å². The molecule has 206 valence electrons. The van der Waals surface area contributed by atoms with Gasteiger partial charge in [-0.25, -0.2) is 4.79 Å². The molecule has 0 aliphatic rings. The van der Waals surface area contributed by atoms with E-state index < -0.39 is 47.9 Å². The first-order valence-corrected chi connectivity index (χ1v) is 14.0. The van der Waals surface area contributed by atoms with Crippen molar-refractivity contribution in [3.05, 3.63) is 71.8 Å². The van der Waals surface area contributed by atoms with Crippen molar-refractivity contribution >= 4 is 35.5 Å². The topological polar surface area (TPSA) is 151 Å². The lowest BCUT2D eigenvalue weighted by Gasteiger charge is -2.26. The third-order valence-electron chi connectivity index (χ3n) is 6.03. The smallest absolute Gasteiger partial charge is 0.326 e. The number of benzene rings is 2. The summed E-state index contributed by atoms with van der Waals surface area (Å²) in [5.74, 6) is -2.46. The number of carboxylic acid groups (broad SMARTS) is 1. The molecule has 38 heavy (non-hydrogen) atoms. The quantitative estimate of drug-likeness (QED) is 0.230. The molecule has 0 saturated carbocycles. The van der Waals surface area contributed by atoms with Crippen LogP contribution >= 0.6 is 11.8 Å². The SMILES string of the molecule is CSCCC(N)C(=O)NC(Cc1ccccc1)C(=O)NC(Cc1ccccc1)C(=O)NC(C(=O)O)C(C)C. The first-order chi connectivity index (χ1) is 18.1. The van der Waals surface area contributed by atoms with Gasteiger partial charge in [0.25, 0.3) is 0 Å². The maximum Gasteiger partial charge on any atom is 0.326 e. The number of hydrogen-bond acceptors (Lipinski definition) is 6. The van der Waals surface area contributed by atoms with Gasteiger partial charge in [0.2, 0.25) is 17.7 Å². The van der Waals surface area contributed by atoms with Crippen molar-refractivity contribution in [2.75, 3.05) is 12.0 Å². The largest absolute Gasteiger partial charge is 0.480 e. The highest BCUT2D eigenvalue weighted by atomic mass is 32.2. The first kappa shape index (κ1) is 30.9. The van der Waals surface area contributed by atoms with Crippen LogP contribution in [0.5, 0.6) is 0 Å². The van der Waals surface area contributed by atoms with E-state index in [-0.39, 0.29) is 18.8 Å². The van der Waals surface area contributed by atoms with E-state index in [0.29, 0.717) is 12.2 Å². The molecular formula is C28H38N4O5S. The van der Waals surface area contributed by atoms with Crippen molar-refractivity contribution in [3.8, 4) is 0 Å². The number of carbonyl (C=O) groups is 4. The van der Waals surface area contributed by atoms with Crippen LogP contribution in [-0.4, -0.2) is 65.0 Å². The molecule has 4 atom stereocenters. The molecule has 0 aliphatic carbocycles. The van der Waals surface area contributed by atoms with Crippen LogP contribution < -0.4 is 21.7 Å². The van der Waals surface area contributed by atoms with Gasteiger partial charge in [0.15, 0.2) is 0 Å². The lowest BCUT2D eigenvalue weighted by atomic mass is 10.0. The molecule has 0 bridgehead atoms. The second kappa shape index (κ2) is 15.8. The maximum atomic E-state index is 13.5. The molecule has 2 aromatic carbocycles. The number of carbonyl (C=O) groups excluding carboxylic acids is 3. The molecule has 6 N–H and O–H groups in total. The van der Waals surface area contributed by atoms with E-state index >= 15 is 0 Å². The summed E-state index contributed by atoms with van der Waals surface area (Å²) in [5, 5.41) is 17.6. The van der Waals surface area contributed by atoms with Gasteiger partial charge in [-0.15, -0.1) is 0 Å². The summed E-state index contributed by atoms with van der Waals surface area (Å²) in [5.41, 5.74) is 7.64. The minimum Gasteiger partial charge on any atom is -0.480 e. The van der Waals surface area contributed by atoms with Crippen LogP contribution in [0.3, 0.4) is 0 Å². The van der Waals surface area contributed by atoms with Crippen molar-refractivity contribution in [1.82, 2.24) is 16.0 Å². The first-order valence-electron chi connectivity index (χ1n) is 12.6. The molecule has 0 fully saturated rings. The van der Waals surface area contributed by atoms with Gasteiger partial charge in [-0.1, -0.05) is 74.5 Å². The van der Waals surface area contributed by atoms with E-state index in [4.69, 9.17) is 5.73 Å². The third kappa shape index (κ3) is 10.2. The molecule has 4 unspecified atom stereocenters. The Balaban J connectivity index is 2.28. The molecule has 0 saturated heterocycles. The van der Waals surface area contributed by atoms with Gasteiger partial charge in [-0.05, 0) is 35.5 Å². The van der Waals surface area contributed by atoms with Crippen LogP contribution in [0.25, 0.3) is 0 Å². The van der Waals surface area contributed by atoms with E-state index in [2.05, 4.69) is 16.0 Å². The Morgan fingerprint density at radius 2 is 1.24 bits per heavy atom. The van der Waals surface area contributed by atoms with Gasteiger partial charge in [-0.2, -0.15) is 11.8 Å². The highest BCUT2D eigenvalue weighted by Crippen LogP contribution is 2.09. The molecule has 9 nitrogen and oxygen atoms in total. The average Bonchev–Trinajstić information content (AvgIpc) is 2.90. The summed E-state index contributed by atoms with van der Waals surface area (Å²) >= 11 is 1.57. The zero-order valence-corrected chi connectivity index (χ0v) is 22.9. The number of thioether (sulfide) groups is 1. The average molecular weight is 543 g/mol. The van der Waals surface area contributed by atoms with Gasteiger partial charge in [-0.3, -0.25) is 14.4 Å². The molecule has 0 aromatic heterocycles. The van der Waals surface area contributed by atoms with Crippen molar-refractivity contribution in [1.29, 1.82) is 0 Å². The Bertz CT molecular complexity index is 1050. The molecule has 2 rings (SSSR count). The molecule has 2 aromatic rings. The number of nitrogens with two attached hydrogens (primary N) is 1. The lowest BCUT2D eigenvalue weighted by Crippen LogP contribution is -2.58. The second-order valence-electron chi connectivity index (χ2n) is 9.46. The fourth-order valence-electron chi connectivity index (χ4n) is 3.81. The molecule has 0 aliphatic heterocycles. The minimum atomic E-state index is -1.16. The number of aliphatic carboxylic acids is 1. The molecule has 10 heteroatoms. The van der Waals surface area contributed by atoms with Crippen molar-refractivity contribution in [2.24, 2.45) is 11.7 Å². The fourth-order valence-corrected chi connectivity index (χ4v) is 4.30. The van der Waals surface area contributed by atoms with Crippen LogP contribution in [-0.2, 0) is 32.0 Å². The summed E-state index contributed by atoms with van der Waals surface area (Å²) < 4.78 is 0. The summed E-state index contributed by atoms with van der Waals surface area (Å²) in [4.78, 5) is 51.2. The maximum absolute atomic E-state index is 13.5. The predicted octanol–water partition coefficient (Wildman–Crippen LogP) is 1.75. The number of carboxylic acids is 1. The van der Waals surface area contributed by atoms with Crippen LogP contribution in [0.15, 0.2) is 60.7 Å². The number of rotatable bonds is 15. The Morgan fingerprint density at radius 1 is 0.789 bits per heavy atom. The normalized spacial score (nSPS) is 14.1. The van der Waals surface area contributed by atoms with Crippen molar-refractivity contribution < 1.29 is 24.3 Å². The number of nitrogens with one attached hydrogen (secondary N) is 3. The van der Waals surface area contributed by atoms with E-state index in [1.54, 1.807) is 25.6 Å². The standard InChI is InChI=1S/C28H38N4O5S/c1-18(2)24(28(36)37)32-27(35)23(17-20-12-8-5-9-13-20)31-26(34)22(16-19-10-6-4-7-11-19)30-25(33)21(29)14-15-38-3/h4-13,18,21-24H,14-17,29H2,1-3H3,(H,30,33)(H,31,34)(H,32,35)(H,36,37). The van der Waals surface area contributed by atoms with Crippen LogP contribution in [0.1, 0.15) is 31.4 Å². The Kier molecular flexibility index (Phi) is 12.8. The van der Waals surface area contributed by atoms with Crippen molar-refractivity contribution in [3.63, 3.8) is 0 Å². The van der Waals surface area contributed by atoms with E-state index in [0.717, 1.165) is 11.1 Å². The summed E-state index contributed by atoms with van der Waals surface area (Å²) in [6, 6.07) is 14.3. The van der Waals surface area contributed by atoms with Gasteiger partial charge < -0.3 is 26.8 Å². The van der Waals surface area contributed by atoms with Gasteiger partial charge in [0, 0.05) is 12.8 Å². The molecule has 3 amide bonds. The van der Waals surface area contributed by atoms with E-state index in [9.17, 15) is 24.3 Å². The summed E-state index contributed by atoms with van der Waals surface area (Å²) in [7, 11) is 0. The lowest BCUT2D eigenvalue weighted by molar-refractivity contribution is -0.143. The molecule has 0 heterocycles. The Hall–Kier alpha value is -3.37. The number of amides is 3. The highest BCUT2D eigenvalue weighted by Gasteiger charge is 2.31. The Morgan fingerprint density at radius 3 is 1.66 bits per heavy atom. The highest BCUT2D eigenvalue weighted by molar-refractivity contribution is 7.98. The van der Waals surface area contributed by atoms with Crippen LogP contribution in [0.4, 0.5) is 0 Å². The third-order valence-corrected chi connectivity index (χ3v) is 6.68. The molecular weight excluding hydrogens is 504 g/mol. The summed E-state index contributed by atoms with van der Waals surface area (Å²) in [6.45, 7) is 3.38. The summed E-state index contributed by atoms with van der Waals surface area (Å²) in [6.07, 6.45) is 2.71. The van der Waals surface area contributed by atoms with Crippen LogP contribution in [0, 0.1) is 5.92 Å². The predicted molar refractivity (Wildman–Crippen MR) is 150 cm³/mol. The zero-order valence-electron chi connectivity index (χ0n) is 22.1. The van der Waals surface area contributed by atoms with Gasteiger partial charge in [0.1, 0.15) is 18.1 Å². The molecule has 0 spiro atoms. The fraction of sp³-hybridized carbons (Fsp3) is 0.429. The Labute approximate surface area is 228 Å². The van der Waals surface area contributed by atoms with E-state index in [1.807, 2.05) is 66.9 Å². The van der Waals surface area contributed by atoms with Gasteiger partial charge >= 0.3 is 5.97 Å². The van der Waals surface area contributed by atoms with Crippen LogP contribution in [0.2, 0.25) is 0 Å². The van der Waals surface area contributed by atoms with Crippen molar-refractivity contribution in [2.45, 2.75) is 57.3 Å². The zero-order chi connectivity index (χ0) is 28.1. The monoisotopic (exact) mass is 542 g/mol. The van der Waals surface area contributed by atoms with E-state index in [1.165, 1.54) is 0 Å². The second-order valence-corrected chi connectivity index (χ2v) is 10.4. The number of hydrogen-bond donors (Lipinski definition) is 5. The minimum absolute atomic E-state index is 0.141.